The van der Waals surface area contributed by atoms with E-state index < -0.39 is 0 Å². The summed E-state index contributed by atoms with van der Waals surface area (Å²) in [6, 6.07) is 9.50. The maximum Gasteiger partial charge on any atom is 0.487 e. The Bertz CT molecular complexity index is 510. The zero-order valence-corrected chi connectivity index (χ0v) is 11.8. The number of benzene rings is 1. The summed E-state index contributed by atoms with van der Waals surface area (Å²) >= 11 is 0. The molecule has 0 amide bonds. The molecule has 0 N–H and O–H groups in total. The molecule has 3 nitrogen and oxygen atoms in total. The number of nitrogens with zero attached hydrogens (tertiary/aromatic N) is 1. The topological polar surface area (TPSA) is 42.2 Å². The molecule has 2 rings (SSSR count). The highest BCUT2D eigenvalue weighted by molar-refractivity contribution is 6.52. The number of hydrogen-bond donors (Lipinski definition) is 0. The van der Waals surface area contributed by atoms with Crippen molar-refractivity contribution >= 4 is 13.2 Å². The predicted molar refractivity (Wildman–Crippen MR) is 76.3 cm³/mol. The molecule has 1 fully saturated rings. The van der Waals surface area contributed by atoms with Gasteiger partial charge in [-0.2, -0.15) is 5.26 Å². The molecule has 1 aliphatic rings. The molecule has 0 atom stereocenters. The molecule has 0 spiro atoms. The van der Waals surface area contributed by atoms with E-state index in [4.69, 9.17) is 14.6 Å². The van der Waals surface area contributed by atoms with Gasteiger partial charge in [-0.3, -0.25) is 0 Å². The van der Waals surface area contributed by atoms with Crippen LogP contribution < -0.4 is 0 Å². The van der Waals surface area contributed by atoms with E-state index in [0.717, 1.165) is 5.56 Å². The lowest BCUT2D eigenvalue weighted by atomic mass is 9.89. The summed E-state index contributed by atoms with van der Waals surface area (Å²) in [5, 5.41) is 8.74. The highest BCUT2D eigenvalue weighted by Gasteiger charge is 2.49. The SMILES string of the molecule is CC1(C)OB(C=Cc2ccc(C#N)cc2)OC1(C)C. The molecule has 1 heterocycles. The quantitative estimate of drug-likeness (QED) is 0.762. The van der Waals surface area contributed by atoms with Crippen molar-refractivity contribution in [2.24, 2.45) is 0 Å². The Balaban J connectivity index is 2.06. The van der Waals surface area contributed by atoms with E-state index >= 15 is 0 Å². The second-order valence-corrected chi connectivity index (χ2v) is 5.72. The molecule has 98 valence electrons. The van der Waals surface area contributed by atoms with Crippen molar-refractivity contribution in [1.29, 1.82) is 5.26 Å². The largest absolute Gasteiger partial charge is 0.487 e. The van der Waals surface area contributed by atoms with Crippen molar-refractivity contribution in [3.63, 3.8) is 0 Å². The van der Waals surface area contributed by atoms with Crippen LogP contribution in [0.2, 0.25) is 0 Å². The zero-order chi connectivity index (χ0) is 14.1. The van der Waals surface area contributed by atoms with Crippen molar-refractivity contribution in [2.45, 2.75) is 38.9 Å². The summed E-state index contributed by atoms with van der Waals surface area (Å²) in [5.41, 5.74) is 1.06. The Morgan fingerprint density at radius 3 is 2.05 bits per heavy atom. The number of nitriles is 1. The molecular formula is C15H18BNO2. The van der Waals surface area contributed by atoms with Gasteiger partial charge in [0, 0.05) is 0 Å². The summed E-state index contributed by atoms with van der Waals surface area (Å²) in [6.45, 7) is 8.12. The third-order valence-corrected chi connectivity index (χ3v) is 3.76. The van der Waals surface area contributed by atoms with Crippen LogP contribution in [0, 0.1) is 11.3 Å². The van der Waals surface area contributed by atoms with E-state index in [1.807, 2.05) is 51.9 Å². The van der Waals surface area contributed by atoms with Crippen LogP contribution in [-0.2, 0) is 9.31 Å². The van der Waals surface area contributed by atoms with Crippen molar-refractivity contribution in [3.05, 3.63) is 41.4 Å². The molecule has 19 heavy (non-hydrogen) atoms. The Morgan fingerprint density at radius 2 is 1.58 bits per heavy atom. The maximum absolute atomic E-state index is 8.74. The standard InChI is InChI=1S/C15H18BNO2/c1-14(2)15(3,4)19-16(18-14)10-9-12-5-7-13(11-17)8-6-12/h5-10H,1-4H3. The van der Waals surface area contributed by atoms with Gasteiger partial charge >= 0.3 is 7.12 Å². The van der Waals surface area contributed by atoms with Gasteiger partial charge in [-0.05, 0) is 45.4 Å². The van der Waals surface area contributed by atoms with Crippen LogP contribution in [0.3, 0.4) is 0 Å². The molecule has 0 bridgehead atoms. The molecule has 4 heteroatoms. The third-order valence-electron chi connectivity index (χ3n) is 3.76. The first-order chi connectivity index (χ1) is 8.84. The highest BCUT2D eigenvalue weighted by Crippen LogP contribution is 2.36. The van der Waals surface area contributed by atoms with Gasteiger partial charge in [-0.1, -0.05) is 24.2 Å². The summed E-state index contributed by atoms with van der Waals surface area (Å²) in [4.78, 5) is 0. The van der Waals surface area contributed by atoms with Crippen LogP contribution in [0.25, 0.3) is 6.08 Å². The summed E-state index contributed by atoms with van der Waals surface area (Å²) in [7, 11) is -0.333. The van der Waals surface area contributed by atoms with Gasteiger partial charge in [0.1, 0.15) is 0 Å². The van der Waals surface area contributed by atoms with E-state index in [1.54, 1.807) is 12.1 Å². The second kappa shape index (κ2) is 4.84. The van der Waals surface area contributed by atoms with E-state index in [2.05, 4.69) is 6.07 Å². The summed E-state index contributed by atoms with van der Waals surface area (Å²) < 4.78 is 11.7. The van der Waals surface area contributed by atoms with Gasteiger partial charge in [-0.15, -0.1) is 0 Å². The first-order valence-electron chi connectivity index (χ1n) is 6.38. The van der Waals surface area contributed by atoms with Gasteiger partial charge in [0.05, 0.1) is 22.8 Å². The normalized spacial score (nSPS) is 20.7. The van der Waals surface area contributed by atoms with Gasteiger partial charge in [-0.25, -0.2) is 0 Å². The molecule has 0 saturated carbocycles. The lowest BCUT2D eigenvalue weighted by molar-refractivity contribution is 0.00578. The van der Waals surface area contributed by atoms with Gasteiger partial charge < -0.3 is 9.31 Å². The predicted octanol–water partition coefficient (Wildman–Crippen LogP) is 3.20. The maximum atomic E-state index is 8.74. The Labute approximate surface area is 115 Å². The fourth-order valence-corrected chi connectivity index (χ4v) is 1.83. The highest BCUT2D eigenvalue weighted by atomic mass is 16.7. The Kier molecular flexibility index (Phi) is 3.53. The van der Waals surface area contributed by atoms with Gasteiger partial charge in [0.2, 0.25) is 0 Å². The minimum Gasteiger partial charge on any atom is -0.400 e. The second-order valence-electron chi connectivity index (χ2n) is 5.72. The lowest BCUT2D eigenvalue weighted by Crippen LogP contribution is -2.41. The summed E-state index contributed by atoms with van der Waals surface area (Å²) in [6.07, 6.45) is 1.95. The average molecular weight is 255 g/mol. The number of rotatable bonds is 2. The zero-order valence-electron chi connectivity index (χ0n) is 11.8. The minimum absolute atomic E-state index is 0.313. The van der Waals surface area contributed by atoms with Crippen molar-refractivity contribution in [2.75, 3.05) is 0 Å². The van der Waals surface area contributed by atoms with E-state index in [9.17, 15) is 0 Å². The summed E-state index contributed by atoms with van der Waals surface area (Å²) in [5.74, 6) is 1.90. The molecular weight excluding hydrogens is 237 g/mol. The van der Waals surface area contributed by atoms with Crippen LogP contribution in [0.4, 0.5) is 0 Å². The molecule has 0 radical (unpaired) electrons. The monoisotopic (exact) mass is 255 g/mol. The first-order valence-corrected chi connectivity index (χ1v) is 6.38. The third kappa shape index (κ3) is 2.89. The lowest BCUT2D eigenvalue weighted by Gasteiger charge is -2.32. The Morgan fingerprint density at radius 1 is 1.05 bits per heavy atom. The van der Waals surface area contributed by atoms with Crippen LogP contribution >= 0.6 is 0 Å². The van der Waals surface area contributed by atoms with Crippen molar-refractivity contribution in [3.8, 4) is 6.07 Å². The van der Waals surface area contributed by atoms with Gasteiger partial charge in [0.25, 0.3) is 0 Å². The number of hydrogen-bond acceptors (Lipinski definition) is 3. The molecule has 0 unspecified atom stereocenters. The molecule has 1 saturated heterocycles. The van der Waals surface area contributed by atoms with Crippen LogP contribution in [-0.4, -0.2) is 18.3 Å². The Hall–Kier alpha value is -1.57. The van der Waals surface area contributed by atoms with E-state index in [0.29, 0.717) is 5.56 Å². The fraction of sp³-hybridized carbons (Fsp3) is 0.400. The molecule has 1 aromatic rings. The first kappa shape index (κ1) is 13.9. The minimum atomic E-state index is -0.333. The van der Waals surface area contributed by atoms with E-state index in [1.165, 1.54) is 0 Å². The molecule has 1 aromatic carbocycles. The smallest absolute Gasteiger partial charge is 0.400 e. The van der Waals surface area contributed by atoms with Crippen molar-refractivity contribution in [1.82, 2.24) is 0 Å². The van der Waals surface area contributed by atoms with Gasteiger partial charge in [0.15, 0.2) is 0 Å². The van der Waals surface area contributed by atoms with Crippen molar-refractivity contribution < 1.29 is 9.31 Å². The van der Waals surface area contributed by atoms with Crippen LogP contribution in [0.1, 0.15) is 38.8 Å². The average Bonchev–Trinajstić information content (AvgIpc) is 2.56. The molecule has 1 aliphatic heterocycles. The molecule has 0 aromatic heterocycles. The van der Waals surface area contributed by atoms with Crippen LogP contribution in [0.15, 0.2) is 30.2 Å². The molecule has 0 aliphatic carbocycles. The van der Waals surface area contributed by atoms with E-state index in [-0.39, 0.29) is 18.3 Å². The van der Waals surface area contributed by atoms with Crippen LogP contribution in [0.5, 0.6) is 0 Å². The fourth-order valence-electron chi connectivity index (χ4n) is 1.83.